The summed E-state index contributed by atoms with van der Waals surface area (Å²) in [6.45, 7) is 7.64. The molecule has 0 N–H and O–H groups in total. The SMILES string of the molecule is CCc1ccc(CN(C)C(=O)CSc2nnc(-c3cccc(C)c3)n2CC)cc1. The van der Waals surface area contributed by atoms with Crippen LogP contribution in [-0.4, -0.2) is 38.4 Å². The Kier molecular flexibility index (Phi) is 7.09. The molecule has 0 saturated heterocycles. The molecule has 2 aromatic carbocycles. The molecule has 0 spiro atoms. The van der Waals surface area contributed by atoms with E-state index in [1.54, 1.807) is 4.90 Å². The molecule has 1 heterocycles. The number of carbonyl (C=O) groups is 1. The Morgan fingerprint density at radius 1 is 1.07 bits per heavy atom. The molecule has 29 heavy (non-hydrogen) atoms. The second-order valence-electron chi connectivity index (χ2n) is 7.13. The number of rotatable bonds is 8. The van der Waals surface area contributed by atoms with Crippen LogP contribution in [0.5, 0.6) is 0 Å². The first-order valence-corrected chi connectivity index (χ1v) is 10.9. The van der Waals surface area contributed by atoms with E-state index in [0.717, 1.165) is 35.1 Å². The zero-order valence-corrected chi connectivity index (χ0v) is 18.4. The van der Waals surface area contributed by atoms with Gasteiger partial charge in [-0.05, 0) is 37.5 Å². The molecule has 0 aliphatic heterocycles. The number of thioether (sulfide) groups is 1. The van der Waals surface area contributed by atoms with Crippen molar-refractivity contribution in [2.75, 3.05) is 12.8 Å². The summed E-state index contributed by atoms with van der Waals surface area (Å²) in [5.74, 6) is 1.27. The summed E-state index contributed by atoms with van der Waals surface area (Å²) in [4.78, 5) is 14.4. The molecule has 3 rings (SSSR count). The van der Waals surface area contributed by atoms with Gasteiger partial charge >= 0.3 is 0 Å². The van der Waals surface area contributed by atoms with Crippen LogP contribution in [0.25, 0.3) is 11.4 Å². The summed E-state index contributed by atoms with van der Waals surface area (Å²) in [5.41, 5.74) is 4.68. The number of benzene rings is 2. The minimum absolute atomic E-state index is 0.0809. The maximum absolute atomic E-state index is 12.6. The Labute approximate surface area is 177 Å². The standard InChI is InChI=1S/C23H28N4OS/c1-5-18-10-12-19(13-11-18)15-26(4)21(28)16-29-23-25-24-22(27(23)6-2)20-9-7-8-17(3)14-20/h7-14H,5-6,15-16H2,1-4H3. The van der Waals surface area contributed by atoms with Gasteiger partial charge in [-0.3, -0.25) is 4.79 Å². The van der Waals surface area contributed by atoms with Crippen molar-refractivity contribution < 1.29 is 4.79 Å². The monoisotopic (exact) mass is 408 g/mol. The van der Waals surface area contributed by atoms with E-state index in [1.807, 2.05) is 19.2 Å². The van der Waals surface area contributed by atoms with E-state index in [2.05, 4.69) is 71.9 Å². The van der Waals surface area contributed by atoms with Crippen molar-refractivity contribution in [3.05, 3.63) is 65.2 Å². The van der Waals surface area contributed by atoms with Gasteiger partial charge in [0.1, 0.15) is 0 Å². The van der Waals surface area contributed by atoms with Crippen LogP contribution in [0.3, 0.4) is 0 Å². The highest BCUT2D eigenvalue weighted by molar-refractivity contribution is 7.99. The number of aromatic nitrogens is 3. The normalized spacial score (nSPS) is 10.9. The molecule has 152 valence electrons. The lowest BCUT2D eigenvalue weighted by atomic mass is 10.1. The zero-order valence-electron chi connectivity index (χ0n) is 17.6. The van der Waals surface area contributed by atoms with E-state index < -0.39 is 0 Å². The molecule has 6 heteroatoms. The van der Waals surface area contributed by atoms with Crippen LogP contribution in [0.2, 0.25) is 0 Å². The van der Waals surface area contributed by atoms with Crippen LogP contribution in [0.15, 0.2) is 53.7 Å². The smallest absolute Gasteiger partial charge is 0.233 e. The molecular formula is C23H28N4OS. The van der Waals surface area contributed by atoms with Crippen molar-refractivity contribution in [2.45, 2.75) is 45.4 Å². The van der Waals surface area contributed by atoms with Gasteiger partial charge in [-0.2, -0.15) is 0 Å². The summed E-state index contributed by atoms with van der Waals surface area (Å²) in [7, 11) is 1.85. The average Bonchev–Trinajstić information content (AvgIpc) is 3.15. The second-order valence-corrected chi connectivity index (χ2v) is 8.07. The molecule has 0 bridgehead atoms. The molecule has 1 aromatic heterocycles. The highest BCUT2D eigenvalue weighted by Gasteiger charge is 2.16. The van der Waals surface area contributed by atoms with Crippen molar-refractivity contribution in [3.63, 3.8) is 0 Å². The Bertz CT molecular complexity index is 965. The third-order valence-electron chi connectivity index (χ3n) is 4.91. The van der Waals surface area contributed by atoms with Crippen molar-refractivity contribution >= 4 is 17.7 Å². The lowest BCUT2D eigenvalue weighted by Gasteiger charge is -2.17. The van der Waals surface area contributed by atoms with Crippen molar-refractivity contribution in [1.82, 2.24) is 19.7 Å². The van der Waals surface area contributed by atoms with E-state index in [4.69, 9.17) is 0 Å². The van der Waals surface area contributed by atoms with Gasteiger partial charge in [0.25, 0.3) is 0 Å². The Morgan fingerprint density at radius 3 is 2.45 bits per heavy atom. The fraction of sp³-hybridized carbons (Fsp3) is 0.348. The molecule has 3 aromatic rings. The van der Waals surface area contributed by atoms with Gasteiger partial charge in [0.15, 0.2) is 11.0 Å². The molecule has 0 atom stereocenters. The van der Waals surface area contributed by atoms with Gasteiger partial charge in [0, 0.05) is 25.7 Å². The van der Waals surface area contributed by atoms with E-state index in [9.17, 15) is 4.79 Å². The first-order valence-electron chi connectivity index (χ1n) is 9.96. The quantitative estimate of drug-likeness (QED) is 0.512. The third kappa shape index (κ3) is 5.26. The van der Waals surface area contributed by atoms with E-state index in [0.29, 0.717) is 12.3 Å². The predicted octanol–water partition coefficient (Wildman–Crippen LogP) is 4.59. The van der Waals surface area contributed by atoms with Gasteiger partial charge in [-0.15, -0.1) is 10.2 Å². The van der Waals surface area contributed by atoms with E-state index in [1.165, 1.54) is 22.9 Å². The molecule has 0 saturated carbocycles. The van der Waals surface area contributed by atoms with Crippen molar-refractivity contribution in [2.24, 2.45) is 0 Å². The molecule has 0 fully saturated rings. The second kappa shape index (κ2) is 9.74. The molecule has 0 unspecified atom stereocenters. The summed E-state index contributed by atoms with van der Waals surface area (Å²) < 4.78 is 2.07. The van der Waals surface area contributed by atoms with Crippen molar-refractivity contribution in [1.29, 1.82) is 0 Å². The van der Waals surface area contributed by atoms with E-state index in [-0.39, 0.29) is 5.91 Å². The van der Waals surface area contributed by atoms with Crippen LogP contribution in [0.1, 0.15) is 30.5 Å². The largest absolute Gasteiger partial charge is 0.341 e. The minimum atomic E-state index is 0.0809. The summed E-state index contributed by atoms with van der Waals surface area (Å²) in [6, 6.07) is 16.7. The van der Waals surface area contributed by atoms with Gasteiger partial charge in [0.05, 0.1) is 5.75 Å². The van der Waals surface area contributed by atoms with Crippen molar-refractivity contribution in [3.8, 4) is 11.4 Å². The summed E-state index contributed by atoms with van der Waals surface area (Å²) >= 11 is 1.44. The van der Waals surface area contributed by atoms with Gasteiger partial charge in [-0.1, -0.05) is 66.7 Å². The summed E-state index contributed by atoms with van der Waals surface area (Å²) in [5, 5.41) is 9.48. The Hall–Kier alpha value is -2.60. The van der Waals surface area contributed by atoms with Gasteiger partial charge in [0.2, 0.25) is 5.91 Å². The summed E-state index contributed by atoms with van der Waals surface area (Å²) in [6.07, 6.45) is 1.02. The minimum Gasteiger partial charge on any atom is -0.341 e. The fourth-order valence-corrected chi connectivity index (χ4v) is 4.10. The topological polar surface area (TPSA) is 51.0 Å². The van der Waals surface area contributed by atoms with Crippen LogP contribution in [0.4, 0.5) is 0 Å². The average molecular weight is 409 g/mol. The molecular weight excluding hydrogens is 380 g/mol. The number of nitrogens with zero attached hydrogens (tertiary/aromatic N) is 4. The number of hydrogen-bond acceptors (Lipinski definition) is 4. The number of hydrogen-bond donors (Lipinski definition) is 0. The number of carbonyl (C=O) groups excluding carboxylic acids is 1. The van der Waals surface area contributed by atoms with Crippen LogP contribution in [-0.2, 0) is 24.3 Å². The van der Waals surface area contributed by atoms with Gasteiger partial charge in [-0.25, -0.2) is 0 Å². The third-order valence-corrected chi connectivity index (χ3v) is 5.86. The van der Waals surface area contributed by atoms with E-state index >= 15 is 0 Å². The number of amides is 1. The van der Waals surface area contributed by atoms with Gasteiger partial charge < -0.3 is 9.47 Å². The van der Waals surface area contributed by atoms with Crippen LogP contribution < -0.4 is 0 Å². The maximum atomic E-state index is 12.6. The highest BCUT2D eigenvalue weighted by Crippen LogP contribution is 2.24. The Balaban J connectivity index is 1.63. The first-order chi connectivity index (χ1) is 14.0. The molecule has 0 aliphatic carbocycles. The maximum Gasteiger partial charge on any atom is 0.233 e. The Morgan fingerprint density at radius 2 is 1.79 bits per heavy atom. The lowest BCUT2D eigenvalue weighted by Crippen LogP contribution is -2.27. The van der Waals surface area contributed by atoms with Crippen LogP contribution >= 0.6 is 11.8 Å². The fourth-order valence-electron chi connectivity index (χ4n) is 3.16. The van der Waals surface area contributed by atoms with Crippen LogP contribution in [0, 0.1) is 6.92 Å². The first kappa shape index (κ1) is 21.1. The zero-order chi connectivity index (χ0) is 20.8. The lowest BCUT2D eigenvalue weighted by molar-refractivity contribution is -0.127. The molecule has 1 amide bonds. The molecule has 5 nitrogen and oxygen atoms in total. The molecule has 0 radical (unpaired) electrons. The predicted molar refractivity (Wildman–Crippen MR) is 119 cm³/mol. The number of aryl methyl sites for hydroxylation is 2. The molecule has 0 aliphatic rings. The highest BCUT2D eigenvalue weighted by atomic mass is 32.2.